The fourth-order valence-electron chi connectivity index (χ4n) is 2.87. The van der Waals surface area contributed by atoms with E-state index in [9.17, 15) is 9.90 Å². The summed E-state index contributed by atoms with van der Waals surface area (Å²) >= 11 is 0. The highest BCUT2D eigenvalue weighted by Gasteiger charge is 2.40. The average molecular weight is 277 g/mol. The van der Waals surface area contributed by atoms with Crippen LogP contribution in [0.2, 0.25) is 0 Å². The van der Waals surface area contributed by atoms with Gasteiger partial charge in [0.15, 0.2) is 11.5 Å². The summed E-state index contributed by atoms with van der Waals surface area (Å²) in [5.74, 6) is 1.18. The number of para-hydroxylation sites is 2. The molecule has 3 unspecified atom stereocenters. The van der Waals surface area contributed by atoms with E-state index in [4.69, 9.17) is 9.47 Å². The zero-order valence-electron chi connectivity index (χ0n) is 11.5. The van der Waals surface area contributed by atoms with E-state index in [1.54, 1.807) is 11.0 Å². The summed E-state index contributed by atoms with van der Waals surface area (Å²) in [7, 11) is 0. The number of ether oxygens (including phenoxy) is 2. The quantitative estimate of drug-likeness (QED) is 0.882. The Hall–Kier alpha value is -1.75. The topological polar surface area (TPSA) is 59.0 Å². The van der Waals surface area contributed by atoms with Gasteiger partial charge >= 0.3 is 0 Å². The molecule has 0 saturated carbocycles. The van der Waals surface area contributed by atoms with Gasteiger partial charge in [-0.25, -0.2) is 0 Å². The number of rotatable bonds is 2. The lowest BCUT2D eigenvalue weighted by Gasteiger charge is -2.34. The molecule has 5 heteroatoms. The molecule has 0 radical (unpaired) electrons. The summed E-state index contributed by atoms with van der Waals surface area (Å²) in [5.41, 5.74) is 0. The molecule has 1 aromatic carbocycles. The molecule has 1 aromatic rings. The second-order valence-electron chi connectivity index (χ2n) is 5.32. The number of hydrogen-bond acceptors (Lipinski definition) is 4. The maximum atomic E-state index is 12.6. The van der Waals surface area contributed by atoms with Gasteiger partial charge in [-0.1, -0.05) is 12.1 Å². The van der Waals surface area contributed by atoms with Gasteiger partial charge in [0.1, 0.15) is 6.10 Å². The number of benzene rings is 1. The second-order valence-corrected chi connectivity index (χ2v) is 5.32. The first kappa shape index (κ1) is 13.2. The number of hydrogen-bond donors (Lipinski definition) is 1. The van der Waals surface area contributed by atoms with Gasteiger partial charge < -0.3 is 19.5 Å². The Balaban J connectivity index is 1.79. The van der Waals surface area contributed by atoms with Crippen molar-refractivity contribution in [1.29, 1.82) is 0 Å². The van der Waals surface area contributed by atoms with E-state index >= 15 is 0 Å². The Morgan fingerprint density at radius 3 is 2.75 bits per heavy atom. The van der Waals surface area contributed by atoms with E-state index in [2.05, 4.69) is 0 Å². The maximum Gasteiger partial charge on any atom is 0.267 e. The van der Waals surface area contributed by atoms with E-state index in [0.29, 0.717) is 18.0 Å². The highest BCUT2D eigenvalue weighted by Crippen LogP contribution is 2.34. The molecule has 1 fully saturated rings. The summed E-state index contributed by atoms with van der Waals surface area (Å²) in [4.78, 5) is 14.3. The Morgan fingerprint density at radius 2 is 2.05 bits per heavy atom. The molecule has 2 aliphatic heterocycles. The van der Waals surface area contributed by atoms with Gasteiger partial charge in [0.05, 0.1) is 12.6 Å². The van der Waals surface area contributed by atoms with E-state index in [1.165, 1.54) is 0 Å². The minimum atomic E-state index is -0.642. The zero-order valence-corrected chi connectivity index (χ0v) is 11.5. The molecule has 1 saturated heterocycles. The van der Waals surface area contributed by atoms with Crippen molar-refractivity contribution in [3.05, 3.63) is 24.3 Å². The van der Waals surface area contributed by atoms with Gasteiger partial charge in [0.25, 0.3) is 5.91 Å². The lowest BCUT2D eigenvalue weighted by Crippen LogP contribution is -2.52. The summed E-state index contributed by atoms with van der Waals surface area (Å²) in [6.45, 7) is 2.52. The number of aliphatic hydroxyl groups is 1. The molecule has 20 heavy (non-hydrogen) atoms. The monoisotopic (exact) mass is 277 g/mol. The highest BCUT2D eigenvalue weighted by molar-refractivity contribution is 5.83. The third-order valence-electron chi connectivity index (χ3n) is 3.96. The van der Waals surface area contributed by atoms with Crippen LogP contribution in [0.15, 0.2) is 24.3 Å². The molecule has 3 atom stereocenters. The molecule has 2 heterocycles. The van der Waals surface area contributed by atoms with Crippen molar-refractivity contribution < 1.29 is 19.4 Å². The summed E-state index contributed by atoms with van der Waals surface area (Å²) in [5, 5.41) is 9.34. The number of amides is 1. The minimum Gasteiger partial charge on any atom is -0.482 e. The van der Waals surface area contributed by atoms with E-state index in [-0.39, 0.29) is 24.7 Å². The first-order valence-electron chi connectivity index (χ1n) is 7.04. The van der Waals surface area contributed by atoms with Gasteiger partial charge in [-0.15, -0.1) is 0 Å². The summed E-state index contributed by atoms with van der Waals surface area (Å²) < 4.78 is 11.6. The predicted octanol–water partition coefficient (Wildman–Crippen LogP) is 1.20. The molecule has 2 aliphatic rings. The van der Waals surface area contributed by atoms with Crippen molar-refractivity contribution in [3.8, 4) is 11.5 Å². The van der Waals surface area contributed by atoms with Crippen LogP contribution in [0.1, 0.15) is 19.8 Å². The number of carbonyl (C=O) groups excluding carboxylic acids is 1. The Morgan fingerprint density at radius 1 is 1.35 bits per heavy atom. The fraction of sp³-hybridized carbons (Fsp3) is 0.533. The average Bonchev–Trinajstić information content (AvgIpc) is 2.94. The SMILES string of the molecule is CC1Oc2ccccc2OC1C(=O)N1CCCC1CO. The van der Waals surface area contributed by atoms with E-state index in [0.717, 1.165) is 12.8 Å². The standard InChI is InChI=1S/C15H19NO4/c1-10-14(15(18)16-8-4-5-11(16)9-17)20-13-7-3-2-6-12(13)19-10/h2-3,6-7,10-11,14,17H,4-5,8-9H2,1H3. The second kappa shape index (κ2) is 5.32. The number of carbonyl (C=O) groups is 1. The van der Waals surface area contributed by atoms with Crippen molar-refractivity contribution in [2.45, 2.75) is 38.0 Å². The van der Waals surface area contributed by atoms with E-state index in [1.807, 2.05) is 25.1 Å². The molecule has 108 valence electrons. The predicted molar refractivity (Wildman–Crippen MR) is 72.8 cm³/mol. The fourth-order valence-corrected chi connectivity index (χ4v) is 2.87. The first-order valence-corrected chi connectivity index (χ1v) is 7.04. The van der Waals surface area contributed by atoms with Gasteiger partial charge in [-0.3, -0.25) is 4.79 Å². The summed E-state index contributed by atoms with van der Waals surface area (Å²) in [6.07, 6.45) is 0.797. The van der Waals surface area contributed by atoms with Crippen molar-refractivity contribution in [1.82, 2.24) is 4.90 Å². The Bertz CT molecular complexity index is 504. The molecular formula is C15H19NO4. The number of likely N-dealkylation sites (tertiary alicyclic amines) is 1. The van der Waals surface area contributed by atoms with E-state index < -0.39 is 6.10 Å². The first-order chi connectivity index (χ1) is 9.70. The van der Waals surface area contributed by atoms with Crippen molar-refractivity contribution >= 4 is 5.91 Å². The third-order valence-corrected chi connectivity index (χ3v) is 3.96. The van der Waals surface area contributed by atoms with Crippen LogP contribution < -0.4 is 9.47 Å². The third kappa shape index (κ3) is 2.22. The van der Waals surface area contributed by atoms with Crippen molar-refractivity contribution in [3.63, 3.8) is 0 Å². The van der Waals surface area contributed by atoms with Crippen LogP contribution in [0.4, 0.5) is 0 Å². The van der Waals surface area contributed by atoms with Gasteiger partial charge in [0.2, 0.25) is 6.10 Å². The Kier molecular flexibility index (Phi) is 3.53. The molecule has 1 amide bonds. The zero-order chi connectivity index (χ0) is 14.1. The molecule has 5 nitrogen and oxygen atoms in total. The molecule has 0 aliphatic carbocycles. The van der Waals surface area contributed by atoms with Gasteiger partial charge in [-0.2, -0.15) is 0 Å². The van der Waals surface area contributed by atoms with Crippen LogP contribution in [-0.4, -0.2) is 47.3 Å². The number of fused-ring (bicyclic) bond motifs is 1. The summed E-state index contributed by atoms with van der Waals surface area (Å²) in [6, 6.07) is 7.27. The molecule has 0 spiro atoms. The Labute approximate surface area is 118 Å². The van der Waals surface area contributed by atoms with Crippen molar-refractivity contribution in [2.75, 3.05) is 13.2 Å². The lowest BCUT2D eigenvalue weighted by atomic mass is 10.1. The molecule has 0 bridgehead atoms. The molecular weight excluding hydrogens is 258 g/mol. The van der Waals surface area contributed by atoms with Gasteiger partial charge in [-0.05, 0) is 31.9 Å². The molecule has 0 aromatic heterocycles. The number of aliphatic hydroxyl groups excluding tert-OH is 1. The van der Waals surface area contributed by atoms with Crippen LogP contribution in [0, 0.1) is 0 Å². The molecule has 1 N–H and O–H groups in total. The van der Waals surface area contributed by atoms with Crippen LogP contribution >= 0.6 is 0 Å². The van der Waals surface area contributed by atoms with Crippen LogP contribution in [0.3, 0.4) is 0 Å². The smallest absolute Gasteiger partial charge is 0.267 e. The van der Waals surface area contributed by atoms with Crippen LogP contribution in [-0.2, 0) is 4.79 Å². The highest BCUT2D eigenvalue weighted by atomic mass is 16.6. The minimum absolute atomic E-state index is 0.00425. The normalized spacial score (nSPS) is 28.5. The van der Waals surface area contributed by atoms with Crippen molar-refractivity contribution in [2.24, 2.45) is 0 Å². The molecule has 3 rings (SSSR count). The largest absolute Gasteiger partial charge is 0.482 e. The van der Waals surface area contributed by atoms with Gasteiger partial charge in [0, 0.05) is 6.54 Å². The lowest BCUT2D eigenvalue weighted by molar-refractivity contribution is -0.145. The number of nitrogens with zero attached hydrogens (tertiary/aromatic N) is 1. The van der Waals surface area contributed by atoms with Crippen LogP contribution in [0.5, 0.6) is 11.5 Å². The van der Waals surface area contributed by atoms with Crippen LogP contribution in [0.25, 0.3) is 0 Å². The maximum absolute atomic E-state index is 12.6.